The molecule has 1 amide bonds. The van der Waals surface area contributed by atoms with Gasteiger partial charge in [-0.1, -0.05) is 19.1 Å². The van der Waals surface area contributed by atoms with E-state index < -0.39 is 5.97 Å². The van der Waals surface area contributed by atoms with Crippen molar-refractivity contribution in [3.05, 3.63) is 29.8 Å². The van der Waals surface area contributed by atoms with Crippen molar-refractivity contribution in [2.75, 3.05) is 13.2 Å². The maximum atomic E-state index is 12.3. The van der Waals surface area contributed by atoms with Crippen LogP contribution < -0.4 is 4.74 Å². The van der Waals surface area contributed by atoms with Crippen LogP contribution in [-0.2, 0) is 16.0 Å². The van der Waals surface area contributed by atoms with Gasteiger partial charge < -0.3 is 14.7 Å². The summed E-state index contributed by atoms with van der Waals surface area (Å²) < 4.78 is 5.54. The van der Waals surface area contributed by atoms with E-state index in [2.05, 4.69) is 6.92 Å². The summed E-state index contributed by atoms with van der Waals surface area (Å²) in [6, 6.07) is 7.17. The fourth-order valence-electron chi connectivity index (χ4n) is 2.86. The number of hydrogen-bond acceptors (Lipinski definition) is 3. The van der Waals surface area contributed by atoms with Gasteiger partial charge in [-0.2, -0.15) is 0 Å². The summed E-state index contributed by atoms with van der Waals surface area (Å²) in [5, 5.41) is 8.72. The quantitative estimate of drug-likeness (QED) is 0.877. The number of benzene rings is 1. The second kappa shape index (κ2) is 7.82. The first kappa shape index (κ1) is 16.3. The maximum absolute atomic E-state index is 12.3. The highest BCUT2D eigenvalue weighted by Gasteiger charge is 2.25. The highest BCUT2D eigenvalue weighted by Crippen LogP contribution is 2.20. The van der Waals surface area contributed by atoms with Gasteiger partial charge in [0.2, 0.25) is 0 Å². The average Bonchev–Trinajstić information content (AvgIpc) is 2.53. The molecule has 0 saturated carbocycles. The molecule has 1 heterocycles. The van der Waals surface area contributed by atoms with Gasteiger partial charge in [-0.3, -0.25) is 9.59 Å². The standard InChI is InChI=1S/C17H23NO4/c1-2-14-5-3-4-10-18(14)16(19)12-22-15-8-6-13(7-9-15)11-17(20)21/h6-9,14H,2-5,10-12H2,1H3,(H,20,21)/t14-/m1/s1. The number of piperidine rings is 1. The normalized spacial score (nSPS) is 18.0. The summed E-state index contributed by atoms with van der Waals surface area (Å²) in [5.41, 5.74) is 0.716. The van der Waals surface area contributed by atoms with Crippen molar-refractivity contribution in [3.63, 3.8) is 0 Å². The highest BCUT2D eigenvalue weighted by atomic mass is 16.5. The highest BCUT2D eigenvalue weighted by molar-refractivity contribution is 5.78. The molecular formula is C17H23NO4. The third kappa shape index (κ3) is 4.48. The molecule has 0 spiro atoms. The fourth-order valence-corrected chi connectivity index (χ4v) is 2.86. The van der Waals surface area contributed by atoms with Gasteiger partial charge in [0.1, 0.15) is 5.75 Å². The largest absolute Gasteiger partial charge is 0.484 e. The average molecular weight is 305 g/mol. The predicted molar refractivity (Wildman–Crippen MR) is 82.9 cm³/mol. The van der Waals surface area contributed by atoms with Crippen molar-refractivity contribution in [1.29, 1.82) is 0 Å². The van der Waals surface area contributed by atoms with Gasteiger partial charge in [-0.05, 0) is 43.4 Å². The summed E-state index contributed by atoms with van der Waals surface area (Å²) in [6.45, 7) is 2.96. The Morgan fingerprint density at radius 3 is 2.64 bits per heavy atom. The number of carboxylic acid groups (broad SMARTS) is 1. The Kier molecular flexibility index (Phi) is 5.81. The number of amides is 1. The summed E-state index contributed by atoms with van der Waals surface area (Å²) in [5.74, 6) is -0.242. The van der Waals surface area contributed by atoms with E-state index in [1.54, 1.807) is 24.3 Å². The van der Waals surface area contributed by atoms with Gasteiger partial charge in [0, 0.05) is 12.6 Å². The van der Waals surface area contributed by atoms with E-state index in [-0.39, 0.29) is 18.9 Å². The van der Waals surface area contributed by atoms with Crippen LogP contribution in [0.5, 0.6) is 5.75 Å². The van der Waals surface area contributed by atoms with Gasteiger partial charge in [-0.25, -0.2) is 0 Å². The molecule has 5 nitrogen and oxygen atoms in total. The number of carbonyl (C=O) groups excluding carboxylic acids is 1. The number of nitrogens with zero attached hydrogens (tertiary/aromatic N) is 1. The summed E-state index contributed by atoms with van der Waals surface area (Å²) in [4.78, 5) is 24.8. The van der Waals surface area contributed by atoms with E-state index in [9.17, 15) is 9.59 Å². The minimum atomic E-state index is -0.862. The molecule has 0 bridgehead atoms. The molecule has 1 N–H and O–H groups in total. The van der Waals surface area contributed by atoms with Crippen LogP contribution in [0.3, 0.4) is 0 Å². The summed E-state index contributed by atoms with van der Waals surface area (Å²) in [6.07, 6.45) is 4.30. The van der Waals surface area contributed by atoms with Crippen LogP contribution in [0.15, 0.2) is 24.3 Å². The Hall–Kier alpha value is -2.04. The second-order valence-corrected chi connectivity index (χ2v) is 5.65. The summed E-state index contributed by atoms with van der Waals surface area (Å²) >= 11 is 0. The molecule has 1 fully saturated rings. The molecule has 0 aromatic heterocycles. The maximum Gasteiger partial charge on any atom is 0.307 e. The lowest BCUT2D eigenvalue weighted by Gasteiger charge is -2.35. The summed E-state index contributed by atoms with van der Waals surface area (Å²) in [7, 11) is 0. The molecule has 22 heavy (non-hydrogen) atoms. The molecule has 2 rings (SSSR count). The molecule has 1 aliphatic heterocycles. The Bertz CT molecular complexity index is 512. The zero-order valence-corrected chi connectivity index (χ0v) is 13.0. The van der Waals surface area contributed by atoms with Crippen molar-refractivity contribution in [3.8, 4) is 5.75 Å². The van der Waals surface area contributed by atoms with Crippen LogP contribution in [0.4, 0.5) is 0 Å². The molecule has 1 aromatic carbocycles. The monoisotopic (exact) mass is 305 g/mol. The topological polar surface area (TPSA) is 66.8 Å². The second-order valence-electron chi connectivity index (χ2n) is 5.65. The first-order chi connectivity index (χ1) is 10.6. The van der Waals surface area contributed by atoms with Crippen molar-refractivity contribution < 1.29 is 19.4 Å². The molecular weight excluding hydrogens is 282 g/mol. The minimum absolute atomic E-state index is 0.00876. The van der Waals surface area contributed by atoms with Gasteiger partial charge in [0.05, 0.1) is 6.42 Å². The predicted octanol–water partition coefficient (Wildman–Crippen LogP) is 2.48. The molecule has 0 unspecified atom stereocenters. The van der Waals surface area contributed by atoms with Crippen molar-refractivity contribution in [1.82, 2.24) is 4.90 Å². The molecule has 0 aliphatic carbocycles. The van der Waals surface area contributed by atoms with Crippen LogP contribution in [0.25, 0.3) is 0 Å². The molecule has 1 aromatic rings. The number of likely N-dealkylation sites (tertiary alicyclic amines) is 1. The molecule has 0 radical (unpaired) electrons. The SMILES string of the molecule is CC[C@@H]1CCCCN1C(=O)COc1ccc(CC(=O)O)cc1. The molecule has 1 aliphatic rings. The Morgan fingerprint density at radius 2 is 2.00 bits per heavy atom. The van der Waals surface area contributed by atoms with E-state index in [1.807, 2.05) is 4.90 Å². The van der Waals surface area contributed by atoms with Crippen LogP contribution in [0.1, 0.15) is 38.2 Å². The lowest BCUT2D eigenvalue weighted by molar-refractivity contribution is -0.137. The van der Waals surface area contributed by atoms with E-state index in [4.69, 9.17) is 9.84 Å². The zero-order chi connectivity index (χ0) is 15.9. The first-order valence-corrected chi connectivity index (χ1v) is 7.83. The number of ether oxygens (including phenoxy) is 1. The lowest BCUT2D eigenvalue weighted by atomic mass is 10.00. The van der Waals surface area contributed by atoms with Crippen LogP contribution in [0, 0.1) is 0 Å². The van der Waals surface area contributed by atoms with Crippen LogP contribution in [0.2, 0.25) is 0 Å². The van der Waals surface area contributed by atoms with E-state index in [0.717, 1.165) is 25.8 Å². The molecule has 1 saturated heterocycles. The third-order valence-corrected chi connectivity index (χ3v) is 4.06. The Morgan fingerprint density at radius 1 is 1.27 bits per heavy atom. The van der Waals surface area contributed by atoms with Crippen molar-refractivity contribution >= 4 is 11.9 Å². The van der Waals surface area contributed by atoms with Gasteiger partial charge in [0.15, 0.2) is 6.61 Å². The van der Waals surface area contributed by atoms with Crippen LogP contribution in [-0.4, -0.2) is 41.1 Å². The third-order valence-electron chi connectivity index (χ3n) is 4.06. The first-order valence-electron chi connectivity index (χ1n) is 7.83. The lowest BCUT2D eigenvalue weighted by Crippen LogP contribution is -2.45. The van der Waals surface area contributed by atoms with E-state index in [0.29, 0.717) is 17.4 Å². The number of aliphatic carboxylic acids is 1. The molecule has 120 valence electrons. The van der Waals surface area contributed by atoms with Gasteiger partial charge in [-0.15, -0.1) is 0 Å². The van der Waals surface area contributed by atoms with Crippen molar-refractivity contribution in [2.24, 2.45) is 0 Å². The van der Waals surface area contributed by atoms with E-state index >= 15 is 0 Å². The number of carbonyl (C=O) groups is 2. The molecule has 1 atom stereocenters. The van der Waals surface area contributed by atoms with Crippen LogP contribution >= 0.6 is 0 Å². The Labute approximate surface area is 130 Å². The van der Waals surface area contributed by atoms with E-state index in [1.165, 1.54) is 6.42 Å². The van der Waals surface area contributed by atoms with Gasteiger partial charge >= 0.3 is 5.97 Å². The number of hydrogen-bond donors (Lipinski definition) is 1. The Balaban J connectivity index is 1.86. The van der Waals surface area contributed by atoms with Gasteiger partial charge in [0.25, 0.3) is 5.91 Å². The number of carboxylic acids is 1. The molecule has 5 heteroatoms. The smallest absolute Gasteiger partial charge is 0.307 e. The minimum Gasteiger partial charge on any atom is -0.484 e. The fraction of sp³-hybridized carbons (Fsp3) is 0.529. The van der Waals surface area contributed by atoms with Crippen molar-refractivity contribution in [2.45, 2.75) is 45.1 Å². The zero-order valence-electron chi connectivity index (χ0n) is 13.0. The number of rotatable bonds is 6.